The molecule has 0 aliphatic carbocycles. The summed E-state index contributed by atoms with van der Waals surface area (Å²) in [6.45, 7) is 2.98. The molecule has 0 saturated carbocycles. The summed E-state index contributed by atoms with van der Waals surface area (Å²) in [5.74, 6) is -0.0305. The molecule has 0 aliphatic rings. The molecule has 1 amide bonds. The number of carbonyl (C=O) groups is 1. The molecule has 0 saturated heterocycles. The average molecular weight is 404 g/mol. The van der Waals surface area contributed by atoms with Crippen molar-refractivity contribution in [1.29, 1.82) is 5.26 Å². The van der Waals surface area contributed by atoms with E-state index in [2.05, 4.69) is 28.7 Å². The van der Waals surface area contributed by atoms with Crippen LogP contribution in [0.5, 0.6) is 0 Å². The van der Waals surface area contributed by atoms with Crippen molar-refractivity contribution in [1.82, 2.24) is 4.90 Å². The second kappa shape index (κ2) is 7.95. The van der Waals surface area contributed by atoms with Crippen molar-refractivity contribution < 1.29 is 4.79 Å². The normalized spacial score (nSPS) is 10.0. The highest BCUT2D eigenvalue weighted by Crippen LogP contribution is 2.16. The quantitative estimate of drug-likeness (QED) is 0.703. The van der Waals surface area contributed by atoms with Gasteiger partial charge in [-0.1, -0.05) is 36.4 Å². The van der Waals surface area contributed by atoms with E-state index in [0.29, 0.717) is 25.1 Å². The molecule has 0 fully saturated rings. The fourth-order valence-electron chi connectivity index (χ4n) is 2.15. The van der Waals surface area contributed by atoms with Gasteiger partial charge in [0, 0.05) is 22.2 Å². The first-order valence-electron chi connectivity index (χ1n) is 7.08. The van der Waals surface area contributed by atoms with Crippen LogP contribution in [-0.4, -0.2) is 17.4 Å². The molecule has 2 rings (SSSR count). The van der Waals surface area contributed by atoms with Gasteiger partial charge in [0.2, 0.25) is 0 Å². The van der Waals surface area contributed by atoms with Gasteiger partial charge in [0.25, 0.3) is 5.91 Å². The van der Waals surface area contributed by atoms with Gasteiger partial charge in [-0.15, -0.1) is 0 Å². The Morgan fingerprint density at radius 2 is 1.95 bits per heavy atom. The highest BCUT2D eigenvalue weighted by molar-refractivity contribution is 14.1. The van der Waals surface area contributed by atoms with Crippen LogP contribution in [-0.2, 0) is 6.54 Å². The molecule has 0 unspecified atom stereocenters. The third-order valence-corrected chi connectivity index (χ3v) is 4.58. The van der Waals surface area contributed by atoms with E-state index < -0.39 is 0 Å². The largest absolute Gasteiger partial charge is 0.333 e. The zero-order chi connectivity index (χ0) is 15.9. The number of rotatable bonds is 5. The van der Waals surface area contributed by atoms with E-state index in [1.165, 1.54) is 0 Å². The van der Waals surface area contributed by atoms with Crippen LogP contribution in [0.4, 0.5) is 0 Å². The summed E-state index contributed by atoms with van der Waals surface area (Å²) in [5, 5.41) is 8.82. The monoisotopic (exact) mass is 404 g/mol. The molecule has 2 aromatic rings. The smallest absolute Gasteiger partial charge is 0.254 e. The molecule has 2 aromatic carbocycles. The fraction of sp³-hybridized carbons (Fsp3) is 0.222. The van der Waals surface area contributed by atoms with E-state index in [1.807, 2.05) is 55.5 Å². The van der Waals surface area contributed by atoms with Gasteiger partial charge in [-0.25, -0.2) is 0 Å². The number of hydrogen-bond acceptors (Lipinski definition) is 2. The van der Waals surface area contributed by atoms with Gasteiger partial charge < -0.3 is 4.90 Å². The zero-order valence-electron chi connectivity index (χ0n) is 12.4. The first-order valence-corrected chi connectivity index (χ1v) is 8.16. The fourth-order valence-corrected chi connectivity index (χ4v) is 2.66. The minimum Gasteiger partial charge on any atom is -0.333 e. The second-order valence-corrected chi connectivity index (χ2v) is 6.25. The zero-order valence-corrected chi connectivity index (χ0v) is 14.6. The molecule has 0 spiro atoms. The molecule has 0 aromatic heterocycles. The molecule has 112 valence electrons. The highest BCUT2D eigenvalue weighted by atomic mass is 127. The highest BCUT2D eigenvalue weighted by Gasteiger charge is 2.16. The number of aryl methyl sites for hydroxylation is 1. The first kappa shape index (κ1) is 16.5. The van der Waals surface area contributed by atoms with Crippen molar-refractivity contribution in [3.05, 3.63) is 68.8 Å². The van der Waals surface area contributed by atoms with Gasteiger partial charge >= 0.3 is 0 Å². The third kappa shape index (κ3) is 4.31. The summed E-state index contributed by atoms with van der Waals surface area (Å²) in [6, 6.07) is 17.7. The summed E-state index contributed by atoms with van der Waals surface area (Å²) < 4.78 is 1.07. The molecular weight excluding hydrogens is 387 g/mol. The van der Waals surface area contributed by atoms with E-state index in [1.54, 1.807) is 4.90 Å². The van der Waals surface area contributed by atoms with E-state index in [0.717, 1.165) is 14.7 Å². The molecule has 0 aliphatic heterocycles. The van der Waals surface area contributed by atoms with Crippen LogP contribution in [0.15, 0.2) is 48.5 Å². The van der Waals surface area contributed by atoms with Crippen molar-refractivity contribution in [3.8, 4) is 6.07 Å². The van der Waals surface area contributed by atoms with Crippen molar-refractivity contribution in [3.63, 3.8) is 0 Å². The molecule has 0 heterocycles. The number of halogens is 1. The van der Waals surface area contributed by atoms with E-state index in [-0.39, 0.29) is 5.91 Å². The van der Waals surface area contributed by atoms with Gasteiger partial charge in [0.15, 0.2) is 0 Å². The Balaban J connectivity index is 2.22. The molecule has 22 heavy (non-hydrogen) atoms. The molecular formula is C18H17IN2O. The van der Waals surface area contributed by atoms with Gasteiger partial charge in [-0.3, -0.25) is 4.79 Å². The van der Waals surface area contributed by atoms with Crippen LogP contribution in [0.3, 0.4) is 0 Å². The number of hydrogen-bond donors (Lipinski definition) is 0. The lowest BCUT2D eigenvalue weighted by Gasteiger charge is -2.22. The maximum absolute atomic E-state index is 12.7. The van der Waals surface area contributed by atoms with Crippen LogP contribution in [0.25, 0.3) is 0 Å². The summed E-state index contributed by atoms with van der Waals surface area (Å²) in [5.41, 5.74) is 2.89. The van der Waals surface area contributed by atoms with Crippen molar-refractivity contribution in [2.75, 3.05) is 6.54 Å². The lowest BCUT2D eigenvalue weighted by molar-refractivity contribution is 0.0747. The first-order chi connectivity index (χ1) is 10.6. The van der Waals surface area contributed by atoms with Crippen LogP contribution in [0.1, 0.15) is 27.9 Å². The third-order valence-electron chi connectivity index (χ3n) is 3.42. The molecule has 0 N–H and O–H groups in total. The van der Waals surface area contributed by atoms with E-state index in [9.17, 15) is 4.79 Å². The molecule has 4 heteroatoms. The van der Waals surface area contributed by atoms with E-state index >= 15 is 0 Å². The number of benzene rings is 2. The number of carbonyl (C=O) groups excluding carboxylic acids is 1. The molecule has 0 radical (unpaired) electrons. The summed E-state index contributed by atoms with van der Waals surface area (Å²) in [7, 11) is 0. The lowest BCUT2D eigenvalue weighted by atomic mass is 10.1. The Kier molecular flexibility index (Phi) is 5.96. The van der Waals surface area contributed by atoms with Crippen molar-refractivity contribution in [2.45, 2.75) is 19.9 Å². The number of amides is 1. The average Bonchev–Trinajstić information content (AvgIpc) is 2.54. The van der Waals surface area contributed by atoms with Crippen LogP contribution < -0.4 is 0 Å². The Hall–Kier alpha value is -1.87. The minimum absolute atomic E-state index is 0.0305. The summed E-state index contributed by atoms with van der Waals surface area (Å²) >= 11 is 2.24. The predicted octanol–water partition coefficient (Wildman–Crippen LogP) is 4.16. The Morgan fingerprint density at radius 1 is 1.23 bits per heavy atom. The summed E-state index contributed by atoms with van der Waals surface area (Å²) in [4.78, 5) is 14.5. The minimum atomic E-state index is -0.0305. The van der Waals surface area contributed by atoms with Gasteiger partial charge in [0.1, 0.15) is 0 Å². The lowest BCUT2D eigenvalue weighted by Crippen LogP contribution is -2.31. The van der Waals surface area contributed by atoms with Crippen LogP contribution >= 0.6 is 22.6 Å². The van der Waals surface area contributed by atoms with Crippen LogP contribution in [0, 0.1) is 21.8 Å². The van der Waals surface area contributed by atoms with Crippen molar-refractivity contribution >= 4 is 28.5 Å². The SMILES string of the molecule is Cc1ccc(C(=O)N(CCC#N)Cc2ccccc2)cc1I. The summed E-state index contributed by atoms with van der Waals surface area (Å²) in [6.07, 6.45) is 0.335. The molecule has 0 bridgehead atoms. The van der Waals surface area contributed by atoms with Gasteiger partial charge in [0.05, 0.1) is 12.5 Å². The Bertz CT molecular complexity index is 692. The maximum Gasteiger partial charge on any atom is 0.254 e. The topological polar surface area (TPSA) is 44.1 Å². The number of nitrogens with zero attached hydrogens (tertiary/aromatic N) is 2. The standard InChI is InChI=1S/C18H17IN2O/c1-14-8-9-16(12-17(14)19)18(22)21(11-5-10-20)13-15-6-3-2-4-7-15/h2-4,6-9,12H,5,11,13H2,1H3. The van der Waals surface area contributed by atoms with E-state index in [4.69, 9.17) is 5.26 Å². The van der Waals surface area contributed by atoms with Crippen LogP contribution in [0.2, 0.25) is 0 Å². The molecule has 3 nitrogen and oxygen atoms in total. The number of nitriles is 1. The Labute approximate surface area is 144 Å². The Morgan fingerprint density at radius 3 is 2.59 bits per heavy atom. The predicted molar refractivity (Wildman–Crippen MR) is 95.3 cm³/mol. The van der Waals surface area contributed by atoms with Gasteiger partial charge in [-0.05, 0) is 52.8 Å². The maximum atomic E-state index is 12.7. The van der Waals surface area contributed by atoms with Crippen molar-refractivity contribution in [2.24, 2.45) is 0 Å². The second-order valence-electron chi connectivity index (χ2n) is 5.08. The molecule has 0 atom stereocenters. The van der Waals surface area contributed by atoms with Gasteiger partial charge in [-0.2, -0.15) is 5.26 Å².